The monoisotopic (exact) mass is 344 g/mol. The van der Waals surface area contributed by atoms with Crippen LogP contribution in [0.5, 0.6) is 0 Å². The number of nitrogens with one attached hydrogen (secondary N) is 1. The first-order valence-corrected chi connectivity index (χ1v) is 8.33. The summed E-state index contributed by atoms with van der Waals surface area (Å²) in [7, 11) is 0. The number of rotatable bonds is 5. The number of halogens is 1. The Bertz CT molecular complexity index is 743. The third-order valence-electron chi connectivity index (χ3n) is 4.38. The van der Waals surface area contributed by atoms with Gasteiger partial charge in [0, 0.05) is 25.7 Å². The molecular formula is C18H21FN4O2. The number of aliphatic carboxylic acids is 1. The van der Waals surface area contributed by atoms with E-state index < -0.39 is 5.97 Å². The van der Waals surface area contributed by atoms with Gasteiger partial charge in [-0.2, -0.15) is 0 Å². The number of carbonyl (C=O) groups is 1. The van der Waals surface area contributed by atoms with Crippen LogP contribution in [0.1, 0.15) is 24.2 Å². The zero-order valence-electron chi connectivity index (χ0n) is 14.1. The van der Waals surface area contributed by atoms with Gasteiger partial charge in [-0.1, -0.05) is 12.1 Å². The maximum Gasteiger partial charge on any atom is 0.306 e. The summed E-state index contributed by atoms with van der Waals surface area (Å²) in [6.07, 6.45) is 1.24. The average Bonchev–Trinajstić information content (AvgIpc) is 2.61. The van der Waals surface area contributed by atoms with Crippen LogP contribution in [0.4, 0.5) is 16.0 Å². The van der Waals surface area contributed by atoms with Crippen molar-refractivity contribution in [1.29, 1.82) is 0 Å². The molecule has 1 saturated heterocycles. The number of nitrogens with zero attached hydrogens (tertiary/aromatic N) is 3. The average molecular weight is 344 g/mol. The molecule has 3 rings (SSSR count). The van der Waals surface area contributed by atoms with E-state index in [2.05, 4.69) is 20.2 Å². The first kappa shape index (κ1) is 17.1. The highest BCUT2D eigenvalue weighted by Gasteiger charge is 2.25. The molecular weight excluding hydrogens is 323 g/mol. The minimum Gasteiger partial charge on any atom is -0.481 e. The predicted octanol–water partition coefficient (Wildman–Crippen LogP) is 2.84. The van der Waals surface area contributed by atoms with Gasteiger partial charge in [0.1, 0.15) is 23.3 Å². The number of aromatic nitrogens is 2. The molecule has 1 aromatic carbocycles. The van der Waals surface area contributed by atoms with E-state index in [1.54, 1.807) is 12.1 Å². The maximum atomic E-state index is 13.0. The van der Waals surface area contributed by atoms with Crippen LogP contribution in [-0.4, -0.2) is 34.1 Å². The molecule has 2 aromatic rings. The van der Waals surface area contributed by atoms with Gasteiger partial charge in [0.25, 0.3) is 0 Å². The molecule has 1 fully saturated rings. The van der Waals surface area contributed by atoms with E-state index >= 15 is 0 Å². The molecule has 6 nitrogen and oxygen atoms in total. The van der Waals surface area contributed by atoms with Crippen molar-refractivity contribution < 1.29 is 14.3 Å². The van der Waals surface area contributed by atoms with E-state index in [4.69, 9.17) is 5.11 Å². The molecule has 1 aromatic heterocycles. The molecule has 25 heavy (non-hydrogen) atoms. The number of carboxylic acid groups (broad SMARTS) is 1. The second-order valence-electron chi connectivity index (χ2n) is 6.24. The second-order valence-corrected chi connectivity index (χ2v) is 6.24. The lowest BCUT2D eigenvalue weighted by Gasteiger charge is -2.31. The lowest BCUT2D eigenvalue weighted by atomic mass is 9.97. The highest BCUT2D eigenvalue weighted by atomic mass is 19.1. The normalized spacial score (nSPS) is 15.2. The topological polar surface area (TPSA) is 78.4 Å². The molecule has 0 unspecified atom stereocenters. The quantitative estimate of drug-likeness (QED) is 0.868. The van der Waals surface area contributed by atoms with Crippen LogP contribution in [0.25, 0.3) is 0 Å². The molecule has 0 atom stereocenters. The Hall–Kier alpha value is -2.70. The van der Waals surface area contributed by atoms with Crippen molar-refractivity contribution in [2.24, 2.45) is 5.92 Å². The summed E-state index contributed by atoms with van der Waals surface area (Å²) >= 11 is 0. The van der Waals surface area contributed by atoms with Gasteiger partial charge < -0.3 is 15.3 Å². The van der Waals surface area contributed by atoms with Crippen LogP contribution < -0.4 is 10.2 Å². The summed E-state index contributed by atoms with van der Waals surface area (Å²) in [6, 6.07) is 8.19. The molecule has 0 bridgehead atoms. The van der Waals surface area contributed by atoms with Crippen LogP contribution in [0.3, 0.4) is 0 Å². The standard InChI is InChI=1S/C18H21FN4O2/c1-12-21-16(20-11-13-2-4-15(19)5-3-13)10-17(22-12)23-8-6-14(7-9-23)18(24)25/h2-5,10,14H,6-9,11H2,1H3,(H,24,25)(H,20,21,22). The van der Waals surface area contributed by atoms with E-state index in [1.807, 2.05) is 13.0 Å². The fourth-order valence-corrected chi connectivity index (χ4v) is 2.95. The molecule has 7 heteroatoms. The first-order valence-electron chi connectivity index (χ1n) is 8.33. The van der Waals surface area contributed by atoms with Crippen LogP contribution in [0, 0.1) is 18.7 Å². The third kappa shape index (κ3) is 4.43. The lowest BCUT2D eigenvalue weighted by molar-refractivity contribution is -0.142. The minimum atomic E-state index is -0.722. The highest BCUT2D eigenvalue weighted by molar-refractivity contribution is 5.70. The maximum absolute atomic E-state index is 13.0. The van der Waals surface area contributed by atoms with Crippen LogP contribution in [-0.2, 0) is 11.3 Å². The first-order chi connectivity index (χ1) is 12.0. The Labute approximate surface area is 145 Å². The largest absolute Gasteiger partial charge is 0.481 e. The molecule has 0 amide bonds. The number of hydrogen-bond donors (Lipinski definition) is 2. The van der Waals surface area contributed by atoms with Crippen LogP contribution in [0.15, 0.2) is 30.3 Å². The van der Waals surface area contributed by atoms with E-state index in [-0.39, 0.29) is 11.7 Å². The Morgan fingerprint density at radius 2 is 1.96 bits per heavy atom. The van der Waals surface area contributed by atoms with Crippen molar-refractivity contribution in [2.75, 3.05) is 23.3 Å². The van der Waals surface area contributed by atoms with Crippen molar-refractivity contribution in [1.82, 2.24) is 9.97 Å². The van der Waals surface area contributed by atoms with Gasteiger partial charge in [-0.25, -0.2) is 14.4 Å². The molecule has 0 aliphatic carbocycles. The van der Waals surface area contributed by atoms with Crippen molar-refractivity contribution in [3.63, 3.8) is 0 Å². The summed E-state index contributed by atoms with van der Waals surface area (Å²) < 4.78 is 13.0. The Morgan fingerprint density at radius 3 is 2.60 bits per heavy atom. The molecule has 0 saturated carbocycles. The van der Waals surface area contributed by atoms with E-state index in [0.717, 1.165) is 11.4 Å². The van der Waals surface area contributed by atoms with Gasteiger partial charge in [0.05, 0.1) is 5.92 Å². The van der Waals surface area contributed by atoms with Gasteiger partial charge in [-0.3, -0.25) is 4.79 Å². The lowest BCUT2D eigenvalue weighted by Crippen LogP contribution is -2.36. The molecule has 2 N–H and O–H groups in total. The van der Waals surface area contributed by atoms with Gasteiger partial charge in [-0.15, -0.1) is 0 Å². The predicted molar refractivity (Wildman–Crippen MR) is 93.1 cm³/mol. The van der Waals surface area contributed by atoms with Gasteiger partial charge >= 0.3 is 5.97 Å². The molecule has 132 valence electrons. The van der Waals surface area contributed by atoms with Crippen molar-refractivity contribution in [3.8, 4) is 0 Å². The summed E-state index contributed by atoms with van der Waals surface area (Å²) in [5.41, 5.74) is 0.960. The molecule has 0 radical (unpaired) electrons. The smallest absolute Gasteiger partial charge is 0.306 e. The number of benzene rings is 1. The molecule has 0 spiro atoms. The fraction of sp³-hybridized carbons (Fsp3) is 0.389. The van der Waals surface area contributed by atoms with E-state index in [1.165, 1.54) is 12.1 Å². The molecule has 2 heterocycles. The SMILES string of the molecule is Cc1nc(NCc2ccc(F)cc2)cc(N2CCC(C(=O)O)CC2)n1. The Kier molecular flexibility index (Phi) is 5.11. The summed E-state index contributed by atoms with van der Waals surface area (Å²) in [4.78, 5) is 22.0. The number of aryl methyl sites for hydroxylation is 1. The van der Waals surface area contributed by atoms with Crippen molar-refractivity contribution in [2.45, 2.75) is 26.3 Å². The summed E-state index contributed by atoms with van der Waals surface area (Å²) in [6.45, 7) is 3.71. The number of hydrogen-bond acceptors (Lipinski definition) is 5. The van der Waals surface area contributed by atoms with E-state index in [9.17, 15) is 9.18 Å². The van der Waals surface area contributed by atoms with E-state index in [0.29, 0.717) is 44.1 Å². The molecule has 1 aliphatic rings. The van der Waals surface area contributed by atoms with Crippen LogP contribution in [0.2, 0.25) is 0 Å². The van der Waals surface area contributed by atoms with Crippen molar-refractivity contribution in [3.05, 3.63) is 47.5 Å². The zero-order chi connectivity index (χ0) is 17.8. The highest BCUT2D eigenvalue weighted by Crippen LogP contribution is 2.24. The third-order valence-corrected chi connectivity index (χ3v) is 4.38. The van der Waals surface area contributed by atoms with Gasteiger partial charge in [0.15, 0.2) is 0 Å². The van der Waals surface area contributed by atoms with Gasteiger partial charge in [0.2, 0.25) is 0 Å². The summed E-state index contributed by atoms with van der Waals surface area (Å²) in [5, 5.41) is 12.3. The number of piperidine rings is 1. The zero-order valence-corrected chi connectivity index (χ0v) is 14.1. The fourth-order valence-electron chi connectivity index (χ4n) is 2.95. The number of carboxylic acids is 1. The van der Waals surface area contributed by atoms with Crippen molar-refractivity contribution >= 4 is 17.6 Å². The Balaban J connectivity index is 1.66. The minimum absolute atomic E-state index is 0.256. The molecule has 1 aliphatic heterocycles. The van der Waals surface area contributed by atoms with Crippen LogP contribution >= 0.6 is 0 Å². The van der Waals surface area contributed by atoms with Gasteiger partial charge in [-0.05, 0) is 37.5 Å². The Morgan fingerprint density at radius 1 is 1.28 bits per heavy atom. The second kappa shape index (κ2) is 7.46. The number of anilines is 2. The summed E-state index contributed by atoms with van der Waals surface area (Å²) in [5.74, 6) is 0.911.